The van der Waals surface area contributed by atoms with Gasteiger partial charge in [0.15, 0.2) is 0 Å². The standard InChI is InChI=1S/C19H27F2N5O.C6H6F2N2.C6H11N.C2H6/c1-12-16(14-5-9-27-10-6-14)24-18-23-15(11-26(18)25-12)17(22-2)13-3-7-19(20,21)8-4-13;1-2-4-5(6(7)8)10-3-9-4;1-6-4-2-3-5-7-6;1-2/h11,13-14,17,22H,3-10H2,1-2H3;2,6H,1,3H2;7H,1-5H2;1-2H3. The Balaban J connectivity index is 0.000000247. The van der Waals surface area contributed by atoms with E-state index in [4.69, 9.17) is 14.7 Å². The first kappa shape index (κ1) is 37.3. The molecular formula is C33H50F4N8O. The van der Waals surface area contributed by atoms with E-state index >= 15 is 0 Å². The molecule has 4 aliphatic rings. The summed E-state index contributed by atoms with van der Waals surface area (Å²) < 4.78 is 58.0. The molecule has 2 saturated heterocycles. The fourth-order valence-corrected chi connectivity index (χ4v) is 5.97. The molecule has 2 aromatic rings. The van der Waals surface area contributed by atoms with E-state index in [0.717, 1.165) is 49.7 Å². The zero-order chi connectivity index (χ0) is 33.7. The zero-order valence-corrected chi connectivity index (χ0v) is 27.7. The monoisotopic (exact) mass is 650 g/mol. The Labute approximate surface area is 270 Å². The zero-order valence-electron chi connectivity index (χ0n) is 27.7. The number of aliphatic imine (C=N–C) groups is 2. The number of aromatic nitrogens is 4. The van der Waals surface area contributed by atoms with Gasteiger partial charge in [-0.2, -0.15) is 5.10 Å². The lowest BCUT2D eigenvalue weighted by molar-refractivity contribution is -0.0496. The van der Waals surface area contributed by atoms with Crippen LogP contribution in [0, 0.1) is 12.8 Å². The SMILES string of the molecule is C=C1CCCCN1.C=CC1=NCN=C1C(F)F.CC.CNC(c1cn2nc(C)c(C3CCOCC3)nc2n1)C1CCC(F)(F)CC1. The van der Waals surface area contributed by atoms with Crippen molar-refractivity contribution in [3.05, 3.63) is 48.2 Å². The first-order valence-electron chi connectivity index (χ1n) is 16.4. The van der Waals surface area contributed by atoms with Crippen molar-refractivity contribution in [2.24, 2.45) is 15.9 Å². The maximum atomic E-state index is 13.5. The number of nitrogens with zero attached hydrogens (tertiary/aromatic N) is 6. The second-order valence-electron chi connectivity index (χ2n) is 11.6. The molecule has 0 aromatic carbocycles. The van der Waals surface area contributed by atoms with Gasteiger partial charge < -0.3 is 15.4 Å². The van der Waals surface area contributed by atoms with Gasteiger partial charge in [0, 0.05) is 44.2 Å². The van der Waals surface area contributed by atoms with E-state index in [1.807, 2.05) is 34.0 Å². The van der Waals surface area contributed by atoms with Crippen LogP contribution in [0.4, 0.5) is 17.6 Å². The van der Waals surface area contributed by atoms with E-state index in [1.165, 1.54) is 31.0 Å². The first-order valence-corrected chi connectivity index (χ1v) is 16.4. The van der Waals surface area contributed by atoms with Crippen LogP contribution < -0.4 is 10.6 Å². The van der Waals surface area contributed by atoms with Gasteiger partial charge in [-0.3, -0.25) is 9.98 Å². The lowest BCUT2D eigenvalue weighted by atomic mass is 9.81. The van der Waals surface area contributed by atoms with Crippen molar-refractivity contribution in [2.75, 3.05) is 33.5 Å². The third kappa shape index (κ3) is 10.4. The van der Waals surface area contributed by atoms with Crippen LogP contribution in [0.15, 0.2) is 41.1 Å². The van der Waals surface area contributed by atoms with Crippen LogP contribution in [0.2, 0.25) is 0 Å². The molecule has 9 nitrogen and oxygen atoms in total. The fraction of sp³-hybridized carbons (Fsp3) is 0.667. The molecule has 6 rings (SSSR count). The summed E-state index contributed by atoms with van der Waals surface area (Å²) in [4.78, 5) is 16.6. The lowest BCUT2D eigenvalue weighted by Crippen LogP contribution is -2.32. The average Bonchev–Trinajstić information content (AvgIpc) is 3.71. The molecule has 0 amide bonds. The quantitative estimate of drug-likeness (QED) is 0.327. The molecule has 46 heavy (non-hydrogen) atoms. The van der Waals surface area contributed by atoms with Gasteiger partial charge >= 0.3 is 0 Å². The number of hydrogen-bond donors (Lipinski definition) is 2. The number of hydrogen-bond acceptors (Lipinski definition) is 8. The van der Waals surface area contributed by atoms with Crippen LogP contribution in [0.25, 0.3) is 5.78 Å². The van der Waals surface area contributed by atoms with Crippen molar-refractivity contribution in [1.82, 2.24) is 30.2 Å². The second-order valence-corrected chi connectivity index (χ2v) is 11.6. The molecule has 0 bridgehead atoms. The van der Waals surface area contributed by atoms with E-state index in [2.05, 4.69) is 38.9 Å². The molecule has 2 N–H and O–H groups in total. The number of nitrogens with one attached hydrogen (secondary N) is 2. The van der Waals surface area contributed by atoms with Crippen LogP contribution in [-0.2, 0) is 4.74 Å². The van der Waals surface area contributed by atoms with Gasteiger partial charge in [0.25, 0.3) is 12.2 Å². The molecule has 1 unspecified atom stereocenters. The number of fused-ring (bicyclic) bond motifs is 1. The summed E-state index contributed by atoms with van der Waals surface area (Å²) >= 11 is 0. The molecule has 3 fully saturated rings. The highest BCUT2D eigenvalue weighted by Crippen LogP contribution is 2.41. The highest BCUT2D eigenvalue weighted by Gasteiger charge is 2.38. The van der Waals surface area contributed by atoms with Crippen molar-refractivity contribution in [1.29, 1.82) is 0 Å². The van der Waals surface area contributed by atoms with Gasteiger partial charge in [0.05, 0.1) is 35.0 Å². The number of halogens is 4. The minimum absolute atomic E-state index is 0.0489. The molecule has 3 aliphatic heterocycles. The normalized spacial score (nSPS) is 20.6. The maximum Gasteiger partial charge on any atom is 0.282 e. The topological polar surface area (TPSA) is 101 Å². The summed E-state index contributed by atoms with van der Waals surface area (Å²) in [6.07, 6.45) is 7.28. The second kappa shape index (κ2) is 18.2. The first-order chi connectivity index (χ1) is 22.1. The van der Waals surface area contributed by atoms with E-state index in [-0.39, 0.29) is 42.9 Å². The highest BCUT2D eigenvalue weighted by molar-refractivity contribution is 6.48. The van der Waals surface area contributed by atoms with Crippen LogP contribution >= 0.6 is 0 Å². The third-order valence-electron chi connectivity index (χ3n) is 8.43. The smallest absolute Gasteiger partial charge is 0.282 e. The number of allylic oxidation sites excluding steroid dienone is 2. The Morgan fingerprint density at radius 1 is 1.09 bits per heavy atom. The molecule has 1 saturated carbocycles. The van der Waals surface area contributed by atoms with Gasteiger partial charge in [-0.05, 0) is 70.9 Å². The molecule has 5 heterocycles. The Bertz CT molecular complexity index is 1320. The van der Waals surface area contributed by atoms with Gasteiger partial charge in [0.2, 0.25) is 5.92 Å². The predicted molar refractivity (Wildman–Crippen MR) is 175 cm³/mol. The van der Waals surface area contributed by atoms with E-state index in [0.29, 0.717) is 24.5 Å². The number of alkyl halides is 4. The van der Waals surface area contributed by atoms with Crippen molar-refractivity contribution in [2.45, 2.75) is 103 Å². The van der Waals surface area contributed by atoms with E-state index in [9.17, 15) is 17.6 Å². The minimum Gasteiger partial charge on any atom is -0.389 e. The minimum atomic E-state index is -2.53. The van der Waals surface area contributed by atoms with Gasteiger partial charge in [0.1, 0.15) is 12.4 Å². The Kier molecular flexibility index (Phi) is 14.8. The van der Waals surface area contributed by atoms with E-state index in [1.54, 1.807) is 4.52 Å². The summed E-state index contributed by atoms with van der Waals surface area (Å²) in [7, 11) is 1.86. The lowest BCUT2D eigenvalue weighted by Gasteiger charge is -2.32. The molecule has 1 aliphatic carbocycles. The largest absolute Gasteiger partial charge is 0.389 e. The molecule has 2 aromatic heterocycles. The summed E-state index contributed by atoms with van der Waals surface area (Å²) in [5, 5.41) is 11.1. The van der Waals surface area contributed by atoms with Gasteiger partial charge in [-0.1, -0.05) is 27.0 Å². The molecule has 13 heteroatoms. The Morgan fingerprint density at radius 2 is 1.78 bits per heavy atom. The fourth-order valence-electron chi connectivity index (χ4n) is 5.97. The summed E-state index contributed by atoms with van der Waals surface area (Å²) in [6.45, 7) is 15.9. The van der Waals surface area contributed by atoms with Crippen molar-refractivity contribution >= 4 is 17.2 Å². The summed E-state index contributed by atoms with van der Waals surface area (Å²) in [5.41, 5.74) is 3.94. The highest BCUT2D eigenvalue weighted by atomic mass is 19.3. The number of rotatable bonds is 6. The average molecular weight is 651 g/mol. The maximum absolute atomic E-state index is 13.5. The van der Waals surface area contributed by atoms with E-state index < -0.39 is 12.3 Å². The van der Waals surface area contributed by atoms with Crippen molar-refractivity contribution in [3.8, 4) is 0 Å². The summed E-state index contributed by atoms with van der Waals surface area (Å²) in [6, 6.07) is -0.0589. The van der Waals surface area contributed by atoms with Crippen LogP contribution in [-0.4, -0.2) is 76.8 Å². The Hall–Kier alpha value is -3.19. The molecule has 256 valence electrons. The van der Waals surface area contributed by atoms with Gasteiger partial charge in [-0.15, -0.1) is 0 Å². The van der Waals surface area contributed by atoms with Crippen molar-refractivity contribution in [3.63, 3.8) is 0 Å². The number of piperidine rings is 1. The Morgan fingerprint density at radius 3 is 2.30 bits per heavy atom. The predicted octanol–water partition coefficient (Wildman–Crippen LogP) is 7.00. The van der Waals surface area contributed by atoms with Crippen LogP contribution in [0.3, 0.4) is 0 Å². The third-order valence-corrected chi connectivity index (χ3v) is 8.43. The number of imidazole rings is 1. The van der Waals surface area contributed by atoms with Crippen LogP contribution in [0.1, 0.15) is 101 Å². The van der Waals surface area contributed by atoms with Crippen molar-refractivity contribution < 1.29 is 22.3 Å². The molecular weight excluding hydrogens is 600 g/mol. The molecule has 0 radical (unpaired) electrons. The van der Waals surface area contributed by atoms with Gasteiger partial charge in [-0.25, -0.2) is 32.0 Å². The molecule has 0 spiro atoms. The number of aryl methyl sites for hydroxylation is 1. The summed E-state index contributed by atoms with van der Waals surface area (Å²) in [5.74, 6) is -1.43. The number of ether oxygens (including phenoxy) is 1. The molecule has 1 atom stereocenters. The van der Waals surface area contributed by atoms with Crippen LogP contribution in [0.5, 0.6) is 0 Å².